The van der Waals surface area contributed by atoms with Crippen LogP contribution < -0.4 is 0 Å². The number of cyclic esters (lactones) is 1. The summed E-state index contributed by atoms with van der Waals surface area (Å²) in [5, 5.41) is 0. The smallest absolute Gasteiger partial charge is 0.410 e. The Hall–Kier alpha value is -2.18. The summed E-state index contributed by atoms with van der Waals surface area (Å²) in [5.74, 6) is -0.111. The SMILES string of the molecule is CC(Cc1cnccn1)N(C)C(=O)CN1CCOC1=O. The van der Waals surface area contributed by atoms with Crippen LogP contribution in [0.4, 0.5) is 4.79 Å². The fourth-order valence-electron chi connectivity index (χ4n) is 1.96. The molecule has 2 amide bonds. The first-order valence-electron chi connectivity index (χ1n) is 6.50. The number of hydrogen-bond donors (Lipinski definition) is 0. The highest BCUT2D eigenvalue weighted by Gasteiger charge is 2.26. The van der Waals surface area contributed by atoms with Gasteiger partial charge in [0.25, 0.3) is 0 Å². The van der Waals surface area contributed by atoms with Crippen molar-refractivity contribution in [2.45, 2.75) is 19.4 Å². The summed E-state index contributed by atoms with van der Waals surface area (Å²) in [5.41, 5.74) is 0.834. The Balaban J connectivity index is 1.87. The summed E-state index contributed by atoms with van der Waals surface area (Å²) < 4.78 is 4.80. The second kappa shape index (κ2) is 6.31. The first-order chi connectivity index (χ1) is 9.58. The number of nitrogens with zero attached hydrogens (tertiary/aromatic N) is 4. The van der Waals surface area contributed by atoms with Crippen LogP contribution in [0.15, 0.2) is 18.6 Å². The van der Waals surface area contributed by atoms with E-state index in [1.165, 1.54) is 4.90 Å². The number of carbonyl (C=O) groups is 2. The van der Waals surface area contributed by atoms with E-state index in [2.05, 4.69) is 9.97 Å². The summed E-state index contributed by atoms with van der Waals surface area (Å²) in [6.45, 7) is 2.82. The van der Waals surface area contributed by atoms with Gasteiger partial charge in [0.15, 0.2) is 0 Å². The molecule has 0 bridgehead atoms. The van der Waals surface area contributed by atoms with Crippen molar-refractivity contribution >= 4 is 12.0 Å². The molecular weight excluding hydrogens is 260 g/mol. The van der Waals surface area contributed by atoms with Crippen LogP contribution in [0.3, 0.4) is 0 Å². The van der Waals surface area contributed by atoms with Crippen molar-refractivity contribution in [2.24, 2.45) is 0 Å². The van der Waals surface area contributed by atoms with Crippen molar-refractivity contribution in [3.05, 3.63) is 24.3 Å². The molecule has 0 aromatic carbocycles. The fraction of sp³-hybridized carbons (Fsp3) is 0.538. The lowest BCUT2D eigenvalue weighted by Crippen LogP contribution is -2.43. The van der Waals surface area contributed by atoms with Crippen LogP contribution in [0.5, 0.6) is 0 Å². The number of amides is 2. The predicted molar refractivity (Wildman–Crippen MR) is 70.9 cm³/mol. The molecule has 7 heteroatoms. The van der Waals surface area contributed by atoms with Crippen molar-refractivity contribution in [2.75, 3.05) is 26.7 Å². The van der Waals surface area contributed by atoms with Gasteiger partial charge in [0.1, 0.15) is 13.2 Å². The minimum atomic E-state index is -0.423. The number of rotatable bonds is 5. The zero-order valence-corrected chi connectivity index (χ0v) is 11.7. The van der Waals surface area contributed by atoms with E-state index in [9.17, 15) is 9.59 Å². The molecule has 1 unspecified atom stereocenters. The van der Waals surface area contributed by atoms with E-state index in [-0.39, 0.29) is 18.5 Å². The molecule has 0 radical (unpaired) electrons. The van der Waals surface area contributed by atoms with Crippen LogP contribution >= 0.6 is 0 Å². The van der Waals surface area contributed by atoms with Crippen LogP contribution in [0.1, 0.15) is 12.6 Å². The molecule has 108 valence electrons. The van der Waals surface area contributed by atoms with Crippen molar-refractivity contribution < 1.29 is 14.3 Å². The van der Waals surface area contributed by atoms with Gasteiger partial charge in [0, 0.05) is 38.1 Å². The zero-order chi connectivity index (χ0) is 14.5. The highest BCUT2D eigenvalue weighted by molar-refractivity contribution is 5.82. The average molecular weight is 278 g/mol. The minimum absolute atomic E-state index is 0.0159. The quantitative estimate of drug-likeness (QED) is 0.775. The average Bonchev–Trinajstić information content (AvgIpc) is 2.84. The molecule has 1 aliphatic heterocycles. The van der Waals surface area contributed by atoms with Crippen molar-refractivity contribution in [3.8, 4) is 0 Å². The molecule has 1 aliphatic rings. The van der Waals surface area contributed by atoms with E-state index < -0.39 is 6.09 Å². The number of carbonyl (C=O) groups excluding carboxylic acids is 2. The molecule has 2 rings (SSSR count). The number of hydrogen-bond acceptors (Lipinski definition) is 5. The molecule has 2 heterocycles. The maximum absolute atomic E-state index is 12.1. The third-order valence-electron chi connectivity index (χ3n) is 3.35. The Labute approximate surface area is 117 Å². The van der Waals surface area contributed by atoms with Crippen LogP contribution in [0.25, 0.3) is 0 Å². The Morgan fingerprint density at radius 3 is 2.95 bits per heavy atom. The topological polar surface area (TPSA) is 75.6 Å². The minimum Gasteiger partial charge on any atom is -0.448 e. The predicted octanol–water partition coefficient (Wildman–Crippen LogP) is 0.318. The maximum Gasteiger partial charge on any atom is 0.410 e. The van der Waals surface area contributed by atoms with Gasteiger partial charge < -0.3 is 9.64 Å². The lowest BCUT2D eigenvalue weighted by molar-refractivity contribution is -0.132. The van der Waals surface area contributed by atoms with Gasteiger partial charge in [0.2, 0.25) is 5.91 Å². The van der Waals surface area contributed by atoms with Gasteiger partial charge in [-0.25, -0.2) is 4.79 Å². The summed E-state index contributed by atoms with van der Waals surface area (Å²) in [7, 11) is 1.73. The third kappa shape index (κ3) is 3.43. The summed E-state index contributed by atoms with van der Waals surface area (Å²) in [6, 6.07) is -0.0159. The van der Waals surface area contributed by atoms with Crippen molar-refractivity contribution in [1.29, 1.82) is 0 Å². The van der Waals surface area contributed by atoms with E-state index in [1.807, 2.05) is 6.92 Å². The molecule has 1 atom stereocenters. The summed E-state index contributed by atoms with van der Waals surface area (Å²) >= 11 is 0. The number of aromatic nitrogens is 2. The molecule has 0 aliphatic carbocycles. The molecule has 0 spiro atoms. The van der Waals surface area contributed by atoms with Crippen molar-refractivity contribution in [3.63, 3.8) is 0 Å². The summed E-state index contributed by atoms with van der Waals surface area (Å²) in [4.78, 5) is 34.7. The van der Waals surface area contributed by atoms with Gasteiger partial charge in [-0.05, 0) is 6.92 Å². The van der Waals surface area contributed by atoms with Crippen molar-refractivity contribution in [1.82, 2.24) is 19.8 Å². The van der Waals surface area contributed by atoms with E-state index in [0.717, 1.165) is 5.69 Å². The molecule has 1 aromatic heterocycles. The molecule has 7 nitrogen and oxygen atoms in total. The standard InChI is InChI=1S/C13H18N4O3/c1-10(7-11-8-14-3-4-15-11)16(2)12(18)9-17-5-6-20-13(17)19/h3-4,8,10H,5-7,9H2,1-2H3. The van der Waals surface area contributed by atoms with Gasteiger partial charge in [0.05, 0.1) is 12.2 Å². The van der Waals surface area contributed by atoms with E-state index in [4.69, 9.17) is 4.74 Å². The van der Waals surface area contributed by atoms with Gasteiger partial charge in [-0.15, -0.1) is 0 Å². The van der Waals surface area contributed by atoms with Gasteiger partial charge in [-0.2, -0.15) is 0 Å². The lowest BCUT2D eigenvalue weighted by Gasteiger charge is -2.26. The molecule has 1 fully saturated rings. The third-order valence-corrected chi connectivity index (χ3v) is 3.35. The maximum atomic E-state index is 12.1. The molecule has 0 saturated carbocycles. The fourth-order valence-corrected chi connectivity index (χ4v) is 1.96. The van der Waals surface area contributed by atoms with Gasteiger partial charge in [-0.1, -0.05) is 0 Å². The zero-order valence-electron chi connectivity index (χ0n) is 11.7. The van der Waals surface area contributed by atoms with Crippen LogP contribution in [0, 0.1) is 0 Å². The lowest BCUT2D eigenvalue weighted by atomic mass is 10.1. The molecule has 20 heavy (non-hydrogen) atoms. The van der Waals surface area contributed by atoms with Crippen LogP contribution in [-0.4, -0.2) is 64.6 Å². The second-order valence-electron chi connectivity index (χ2n) is 4.79. The van der Waals surface area contributed by atoms with E-state index in [1.54, 1.807) is 30.5 Å². The Morgan fingerprint density at radius 2 is 2.35 bits per heavy atom. The molecule has 1 saturated heterocycles. The Bertz CT molecular complexity index is 480. The highest BCUT2D eigenvalue weighted by atomic mass is 16.6. The number of ether oxygens (including phenoxy) is 1. The first kappa shape index (κ1) is 14.2. The normalized spacial score (nSPS) is 15.9. The highest BCUT2D eigenvalue weighted by Crippen LogP contribution is 2.07. The molecule has 0 N–H and O–H groups in total. The van der Waals surface area contributed by atoms with Gasteiger partial charge in [-0.3, -0.25) is 19.7 Å². The van der Waals surface area contributed by atoms with Crippen LogP contribution in [-0.2, 0) is 16.0 Å². The Kier molecular flexibility index (Phi) is 4.49. The van der Waals surface area contributed by atoms with Crippen LogP contribution in [0.2, 0.25) is 0 Å². The number of likely N-dealkylation sites (N-methyl/N-ethyl adjacent to an activating group) is 1. The second-order valence-corrected chi connectivity index (χ2v) is 4.79. The molecule has 1 aromatic rings. The van der Waals surface area contributed by atoms with E-state index in [0.29, 0.717) is 19.6 Å². The van der Waals surface area contributed by atoms with E-state index >= 15 is 0 Å². The summed E-state index contributed by atoms with van der Waals surface area (Å²) in [6.07, 6.45) is 5.13. The van der Waals surface area contributed by atoms with Gasteiger partial charge >= 0.3 is 6.09 Å². The largest absolute Gasteiger partial charge is 0.448 e. The Morgan fingerprint density at radius 1 is 1.55 bits per heavy atom. The molecular formula is C13H18N4O3. The monoisotopic (exact) mass is 278 g/mol. The first-order valence-corrected chi connectivity index (χ1v) is 6.50.